The molecule has 0 bridgehead atoms. The van der Waals surface area contributed by atoms with Crippen LogP contribution < -0.4 is 4.74 Å². The number of ketones is 1. The minimum Gasteiger partial charge on any atom is -0.477 e. The third-order valence-corrected chi connectivity index (χ3v) is 10.5. The molecule has 0 saturated heterocycles. The maximum Gasteiger partial charge on any atom is 0.356 e. The Balaban J connectivity index is 1.96. The number of carbonyl (C=O) groups excluding carboxylic acids is 2. The van der Waals surface area contributed by atoms with Crippen molar-refractivity contribution >= 4 is 31.7 Å². The molecule has 0 spiro atoms. The van der Waals surface area contributed by atoms with Gasteiger partial charge in [0, 0.05) is 23.3 Å². The van der Waals surface area contributed by atoms with E-state index in [9.17, 15) is 9.59 Å². The highest BCUT2D eigenvalue weighted by Crippen LogP contribution is 2.36. The lowest BCUT2D eigenvalue weighted by Crippen LogP contribution is -2.41. The topological polar surface area (TPSA) is 79.7 Å². The van der Waals surface area contributed by atoms with Gasteiger partial charge in [-0.2, -0.15) is 0 Å². The van der Waals surface area contributed by atoms with Gasteiger partial charge >= 0.3 is 5.97 Å². The summed E-state index contributed by atoms with van der Waals surface area (Å²) in [5.74, 6) is -0.496. The summed E-state index contributed by atoms with van der Waals surface area (Å²) in [5.41, 5.74) is 0.612. The van der Waals surface area contributed by atoms with Crippen molar-refractivity contribution in [1.82, 2.24) is 9.78 Å². The number of benzene rings is 1. The average molecular weight is 495 g/mol. The predicted molar refractivity (Wildman–Crippen MR) is 132 cm³/mol. The van der Waals surface area contributed by atoms with Crippen molar-refractivity contribution in [2.24, 2.45) is 0 Å². The first-order valence-corrected chi connectivity index (χ1v) is 14.5. The summed E-state index contributed by atoms with van der Waals surface area (Å²) >= 11 is 5.98. The van der Waals surface area contributed by atoms with Crippen molar-refractivity contribution in [2.75, 3.05) is 19.8 Å². The van der Waals surface area contributed by atoms with E-state index in [0.29, 0.717) is 23.8 Å². The molecule has 0 amide bonds. The fourth-order valence-electron chi connectivity index (χ4n) is 2.77. The summed E-state index contributed by atoms with van der Waals surface area (Å²) in [5, 5.41) is 4.96. The summed E-state index contributed by atoms with van der Waals surface area (Å²) in [6, 6.07) is 8.16. The van der Waals surface area contributed by atoms with E-state index in [4.69, 9.17) is 25.5 Å². The van der Waals surface area contributed by atoms with E-state index >= 15 is 0 Å². The standard InChI is InChI=1S/C24H35ClN2O5Si/c1-7-30-23(29)20-16-22(31-13-8-9-14-32-33(5,6)24(2,3)4)26-27(20)17-21(28)18-11-10-12-19(25)15-18/h10-12,15-16H,7-9,13-14,17H2,1-6H3. The van der Waals surface area contributed by atoms with Gasteiger partial charge in [0.25, 0.3) is 0 Å². The predicted octanol–water partition coefficient (Wildman–Crippen LogP) is 5.78. The van der Waals surface area contributed by atoms with Gasteiger partial charge in [-0.3, -0.25) is 4.79 Å². The van der Waals surface area contributed by atoms with E-state index in [2.05, 4.69) is 39.0 Å². The number of Topliss-reactive ketones (excluding diaryl/α,β-unsaturated/α-hetero) is 1. The van der Waals surface area contributed by atoms with Gasteiger partial charge < -0.3 is 13.9 Å². The van der Waals surface area contributed by atoms with Gasteiger partial charge in [0.15, 0.2) is 19.8 Å². The summed E-state index contributed by atoms with van der Waals surface area (Å²) in [4.78, 5) is 25.0. The Kier molecular flexibility index (Phi) is 9.69. The Morgan fingerprint density at radius 2 is 1.82 bits per heavy atom. The first-order valence-electron chi connectivity index (χ1n) is 11.2. The number of ether oxygens (including phenoxy) is 2. The number of rotatable bonds is 12. The zero-order valence-electron chi connectivity index (χ0n) is 20.4. The molecule has 9 heteroatoms. The second kappa shape index (κ2) is 11.8. The van der Waals surface area contributed by atoms with Crippen LogP contribution in [0, 0.1) is 0 Å². The highest BCUT2D eigenvalue weighted by Gasteiger charge is 2.36. The Morgan fingerprint density at radius 3 is 2.45 bits per heavy atom. The van der Waals surface area contributed by atoms with Crippen molar-refractivity contribution in [3.8, 4) is 5.88 Å². The van der Waals surface area contributed by atoms with Crippen LogP contribution >= 0.6 is 11.6 Å². The van der Waals surface area contributed by atoms with Gasteiger partial charge in [-0.25, -0.2) is 9.48 Å². The molecule has 7 nitrogen and oxygen atoms in total. The highest BCUT2D eigenvalue weighted by atomic mass is 35.5. The number of esters is 1. The van der Waals surface area contributed by atoms with Gasteiger partial charge in [0.1, 0.15) is 6.54 Å². The zero-order chi connectivity index (χ0) is 24.6. The number of hydrogen-bond donors (Lipinski definition) is 0. The van der Waals surface area contributed by atoms with E-state index in [1.807, 2.05) is 0 Å². The highest BCUT2D eigenvalue weighted by molar-refractivity contribution is 6.74. The Bertz CT molecular complexity index is 953. The monoisotopic (exact) mass is 494 g/mol. The van der Waals surface area contributed by atoms with Gasteiger partial charge in [-0.05, 0) is 50.0 Å². The smallest absolute Gasteiger partial charge is 0.356 e. The Labute approximate surface area is 202 Å². The van der Waals surface area contributed by atoms with Crippen LogP contribution in [0.1, 0.15) is 61.4 Å². The lowest BCUT2D eigenvalue weighted by molar-refractivity contribution is 0.0512. The molecule has 33 heavy (non-hydrogen) atoms. The molecule has 1 heterocycles. The maximum atomic E-state index is 12.7. The second-order valence-corrected chi connectivity index (χ2v) is 14.6. The Morgan fingerprint density at radius 1 is 1.12 bits per heavy atom. The SMILES string of the molecule is CCOC(=O)c1cc(OCCCCO[Si](C)(C)C(C)(C)C)nn1CC(=O)c1cccc(Cl)c1. The van der Waals surface area contributed by atoms with Gasteiger partial charge in [0.2, 0.25) is 5.88 Å². The largest absolute Gasteiger partial charge is 0.477 e. The number of halogens is 1. The Hall–Kier alpha value is -2.16. The number of hydrogen-bond acceptors (Lipinski definition) is 6. The van der Waals surface area contributed by atoms with E-state index < -0.39 is 14.3 Å². The molecule has 2 rings (SSSR count). The van der Waals surface area contributed by atoms with Crippen LogP contribution in [0.2, 0.25) is 23.2 Å². The quantitative estimate of drug-likeness (QED) is 0.161. The van der Waals surface area contributed by atoms with Crippen molar-refractivity contribution in [3.63, 3.8) is 0 Å². The van der Waals surface area contributed by atoms with Crippen molar-refractivity contribution < 1.29 is 23.5 Å². The van der Waals surface area contributed by atoms with E-state index in [1.54, 1.807) is 31.2 Å². The first kappa shape index (κ1) is 27.1. The second-order valence-electron chi connectivity index (χ2n) is 9.34. The molecule has 1 aromatic carbocycles. The molecule has 0 aliphatic heterocycles. The van der Waals surface area contributed by atoms with Gasteiger partial charge in [0.05, 0.1) is 13.2 Å². The molecule has 1 aromatic heterocycles. The summed E-state index contributed by atoms with van der Waals surface area (Å²) in [6.45, 7) is 14.1. The number of nitrogens with zero attached hydrogens (tertiary/aromatic N) is 2. The molecule has 0 aliphatic rings. The molecule has 0 fully saturated rings. The normalized spacial score (nSPS) is 12.0. The minimum absolute atomic E-state index is 0.127. The molecule has 0 unspecified atom stereocenters. The van der Waals surface area contributed by atoms with Crippen LogP contribution in [0.5, 0.6) is 5.88 Å². The third-order valence-electron chi connectivity index (χ3n) is 5.74. The molecule has 0 N–H and O–H groups in total. The van der Waals surface area contributed by atoms with E-state index in [-0.39, 0.29) is 35.5 Å². The van der Waals surface area contributed by atoms with E-state index in [1.165, 1.54) is 10.7 Å². The average Bonchev–Trinajstić information content (AvgIpc) is 3.12. The minimum atomic E-state index is -1.75. The third kappa shape index (κ3) is 7.98. The fourth-order valence-corrected chi connectivity index (χ4v) is 4.05. The van der Waals surface area contributed by atoms with Gasteiger partial charge in [-0.1, -0.05) is 44.5 Å². The van der Waals surface area contributed by atoms with Crippen molar-refractivity contribution in [3.05, 3.63) is 46.6 Å². The molecular weight excluding hydrogens is 460 g/mol. The fraction of sp³-hybridized carbons (Fsp3) is 0.542. The zero-order valence-corrected chi connectivity index (χ0v) is 22.2. The maximum absolute atomic E-state index is 12.7. The van der Waals surface area contributed by atoms with Crippen LogP contribution in [0.4, 0.5) is 0 Å². The van der Waals surface area contributed by atoms with Crippen molar-refractivity contribution in [1.29, 1.82) is 0 Å². The summed E-state index contributed by atoms with van der Waals surface area (Å²) < 4.78 is 18.3. The van der Waals surface area contributed by atoms with E-state index in [0.717, 1.165) is 12.8 Å². The number of unbranched alkanes of at least 4 members (excludes halogenated alkanes) is 1. The number of aromatic nitrogens is 2. The number of carbonyl (C=O) groups is 2. The van der Waals surface area contributed by atoms with Crippen LogP contribution in [0.25, 0.3) is 0 Å². The summed E-state index contributed by atoms with van der Waals surface area (Å²) in [6.07, 6.45) is 1.66. The lowest BCUT2D eigenvalue weighted by atomic mass is 10.1. The molecular formula is C24H35ClN2O5Si. The molecule has 0 aliphatic carbocycles. The molecule has 0 radical (unpaired) electrons. The van der Waals surface area contributed by atoms with Gasteiger partial charge in [-0.15, -0.1) is 5.10 Å². The molecule has 2 aromatic rings. The molecule has 0 atom stereocenters. The summed E-state index contributed by atoms with van der Waals surface area (Å²) in [7, 11) is -1.75. The van der Waals surface area contributed by atoms with Crippen LogP contribution in [0.3, 0.4) is 0 Å². The molecule has 0 saturated carbocycles. The van der Waals surface area contributed by atoms with Crippen molar-refractivity contribution in [2.45, 2.75) is 65.2 Å². The van der Waals surface area contributed by atoms with Crippen LogP contribution in [-0.2, 0) is 15.7 Å². The van der Waals surface area contributed by atoms with Crippen LogP contribution in [-0.4, -0.2) is 49.7 Å². The lowest BCUT2D eigenvalue weighted by Gasteiger charge is -2.36. The first-order chi connectivity index (χ1) is 15.4. The molecule has 182 valence electrons. The van der Waals surface area contributed by atoms with Crippen LogP contribution in [0.15, 0.2) is 30.3 Å².